The summed E-state index contributed by atoms with van der Waals surface area (Å²) in [6, 6.07) is 13.6. The first-order chi connectivity index (χ1) is 7.66. The Morgan fingerprint density at radius 2 is 1.88 bits per heavy atom. The van der Waals surface area contributed by atoms with Crippen molar-refractivity contribution in [2.24, 2.45) is 0 Å². The van der Waals surface area contributed by atoms with Gasteiger partial charge in [0.2, 0.25) is 0 Å². The second-order valence-electron chi connectivity index (χ2n) is 3.33. The summed E-state index contributed by atoms with van der Waals surface area (Å²) in [5.41, 5.74) is 0.808. The van der Waals surface area contributed by atoms with Crippen LogP contribution in [0.25, 0.3) is 16.8 Å². The summed E-state index contributed by atoms with van der Waals surface area (Å²) in [5, 5.41) is 12.6. The molecular weight excluding hydrogens is 270 g/mol. The Kier molecular flexibility index (Phi) is 3.01. The molecule has 0 aliphatic carbocycles. The fourth-order valence-electron chi connectivity index (χ4n) is 1.49. The van der Waals surface area contributed by atoms with Crippen LogP contribution in [0, 0.1) is 10.1 Å². The minimum atomic E-state index is -0.463. The Morgan fingerprint density at radius 1 is 1.19 bits per heavy atom. The Hall–Kier alpha value is -1.68. The lowest BCUT2D eigenvalue weighted by Crippen LogP contribution is -1.89. The van der Waals surface area contributed by atoms with Crippen LogP contribution in [-0.2, 0) is 0 Å². The lowest BCUT2D eigenvalue weighted by molar-refractivity contribution is -0.407. The molecule has 0 heterocycles. The van der Waals surface area contributed by atoms with Crippen molar-refractivity contribution in [2.45, 2.75) is 0 Å². The minimum Gasteiger partial charge on any atom is -0.258 e. The number of hydrogen-bond acceptors (Lipinski definition) is 2. The molecule has 0 aromatic heterocycles. The molecule has 3 nitrogen and oxygen atoms in total. The van der Waals surface area contributed by atoms with Crippen LogP contribution in [-0.4, -0.2) is 4.92 Å². The van der Waals surface area contributed by atoms with Crippen LogP contribution in [0.15, 0.2) is 47.1 Å². The molecule has 0 saturated carbocycles. The highest BCUT2D eigenvalue weighted by Gasteiger charge is 2.04. The molecule has 2 aromatic carbocycles. The van der Waals surface area contributed by atoms with Crippen molar-refractivity contribution in [2.75, 3.05) is 0 Å². The molecule has 0 bridgehead atoms. The van der Waals surface area contributed by atoms with E-state index in [9.17, 15) is 10.1 Å². The Balaban J connectivity index is 2.47. The minimum absolute atomic E-state index is 0.0391. The molecule has 0 spiro atoms. The largest absolute Gasteiger partial charge is 0.311 e. The summed E-state index contributed by atoms with van der Waals surface area (Å²) in [6.45, 7) is 0. The Bertz CT molecular complexity index is 578. The molecule has 0 fully saturated rings. The smallest absolute Gasteiger partial charge is 0.258 e. The van der Waals surface area contributed by atoms with Gasteiger partial charge in [-0.05, 0) is 22.4 Å². The van der Waals surface area contributed by atoms with Gasteiger partial charge in [0.25, 0.3) is 0 Å². The maximum Gasteiger partial charge on any atom is 0.311 e. The zero-order valence-electron chi connectivity index (χ0n) is 8.26. The number of nitro groups is 1. The van der Waals surface area contributed by atoms with E-state index >= 15 is 0 Å². The monoisotopic (exact) mass is 277 g/mol. The quantitative estimate of drug-likeness (QED) is 0.476. The summed E-state index contributed by atoms with van der Waals surface area (Å²) in [4.78, 5) is 9.99. The number of rotatable bonds is 2. The predicted molar refractivity (Wildman–Crippen MR) is 67.8 cm³/mol. The molecule has 16 heavy (non-hydrogen) atoms. The van der Waals surface area contributed by atoms with Gasteiger partial charge in [-0.3, -0.25) is 10.1 Å². The van der Waals surface area contributed by atoms with Crippen molar-refractivity contribution in [3.63, 3.8) is 0 Å². The van der Waals surface area contributed by atoms with Crippen molar-refractivity contribution < 1.29 is 4.92 Å². The van der Waals surface area contributed by atoms with E-state index in [1.165, 1.54) is 6.08 Å². The van der Waals surface area contributed by atoms with Gasteiger partial charge in [-0.15, -0.1) is 0 Å². The number of nitrogens with zero attached hydrogens (tertiary/aromatic N) is 1. The number of hydrogen-bond donors (Lipinski definition) is 0. The van der Waals surface area contributed by atoms with E-state index in [-0.39, 0.29) is 4.61 Å². The molecule has 4 heteroatoms. The first-order valence-electron chi connectivity index (χ1n) is 4.67. The molecule has 0 unspecified atom stereocenters. The first-order valence-corrected chi connectivity index (χ1v) is 5.46. The van der Waals surface area contributed by atoms with Gasteiger partial charge in [0, 0.05) is 22.0 Å². The topological polar surface area (TPSA) is 43.1 Å². The highest BCUT2D eigenvalue weighted by molar-refractivity contribution is 9.11. The van der Waals surface area contributed by atoms with Crippen LogP contribution in [0.3, 0.4) is 0 Å². The molecule has 2 aromatic rings. The van der Waals surface area contributed by atoms with Crippen LogP contribution in [0.4, 0.5) is 0 Å². The SMILES string of the molecule is O=[N+]([O-])/C(Br)=C/c1ccc2ccccc2c1. The summed E-state index contributed by atoms with van der Waals surface area (Å²) in [5.74, 6) is 0. The molecular formula is C12H8BrNO2. The second kappa shape index (κ2) is 4.45. The summed E-state index contributed by atoms with van der Waals surface area (Å²) in [6.07, 6.45) is 1.49. The third kappa shape index (κ3) is 2.28. The summed E-state index contributed by atoms with van der Waals surface area (Å²) < 4.78 is -0.0391. The third-order valence-electron chi connectivity index (χ3n) is 2.23. The van der Waals surface area contributed by atoms with Crippen LogP contribution in [0.5, 0.6) is 0 Å². The van der Waals surface area contributed by atoms with Gasteiger partial charge < -0.3 is 0 Å². The third-order valence-corrected chi connectivity index (χ3v) is 2.75. The molecule has 80 valence electrons. The fourth-order valence-corrected chi connectivity index (χ4v) is 1.75. The van der Waals surface area contributed by atoms with E-state index in [2.05, 4.69) is 15.9 Å². The molecule has 0 amide bonds. The number of fused-ring (bicyclic) bond motifs is 1. The Labute approximate surface area is 101 Å². The van der Waals surface area contributed by atoms with Crippen molar-refractivity contribution in [1.82, 2.24) is 0 Å². The van der Waals surface area contributed by atoms with Crippen molar-refractivity contribution in [3.05, 3.63) is 62.7 Å². The van der Waals surface area contributed by atoms with Crippen LogP contribution < -0.4 is 0 Å². The number of benzene rings is 2. The van der Waals surface area contributed by atoms with Crippen molar-refractivity contribution >= 4 is 32.8 Å². The zero-order valence-corrected chi connectivity index (χ0v) is 9.85. The van der Waals surface area contributed by atoms with Gasteiger partial charge in [-0.2, -0.15) is 0 Å². The number of halogens is 1. The van der Waals surface area contributed by atoms with Gasteiger partial charge in [-0.25, -0.2) is 0 Å². The summed E-state index contributed by atoms with van der Waals surface area (Å²) in [7, 11) is 0. The Morgan fingerprint density at radius 3 is 2.56 bits per heavy atom. The van der Waals surface area contributed by atoms with Crippen LogP contribution >= 0.6 is 15.9 Å². The van der Waals surface area contributed by atoms with Crippen LogP contribution in [0.1, 0.15) is 5.56 Å². The average molecular weight is 278 g/mol. The second-order valence-corrected chi connectivity index (χ2v) is 4.14. The van der Waals surface area contributed by atoms with E-state index in [1.807, 2.05) is 42.5 Å². The lowest BCUT2D eigenvalue weighted by Gasteiger charge is -1.98. The average Bonchev–Trinajstić information content (AvgIpc) is 2.28. The van der Waals surface area contributed by atoms with Crippen molar-refractivity contribution in [1.29, 1.82) is 0 Å². The molecule has 0 aliphatic heterocycles. The molecule has 0 saturated heterocycles. The molecule has 0 atom stereocenters. The van der Waals surface area contributed by atoms with Gasteiger partial charge in [0.15, 0.2) is 0 Å². The first kappa shape index (κ1) is 10.8. The predicted octanol–water partition coefficient (Wildman–Crippen LogP) is 3.81. The van der Waals surface area contributed by atoms with Gasteiger partial charge >= 0.3 is 4.61 Å². The van der Waals surface area contributed by atoms with Gasteiger partial charge in [-0.1, -0.05) is 36.4 Å². The maximum absolute atomic E-state index is 10.5. The van der Waals surface area contributed by atoms with E-state index in [0.717, 1.165) is 16.3 Å². The standard InChI is InChI=1S/C12H8BrNO2/c13-12(14(15)16)8-9-5-6-10-3-1-2-4-11(10)7-9/h1-8H/b12-8+. The highest BCUT2D eigenvalue weighted by atomic mass is 79.9. The normalized spacial score (nSPS) is 11.7. The van der Waals surface area contributed by atoms with Crippen molar-refractivity contribution in [3.8, 4) is 0 Å². The molecule has 2 rings (SSSR count). The molecule has 0 aliphatic rings. The van der Waals surface area contributed by atoms with Gasteiger partial charge in [0.1, 0.15) is 0 Å². The van der Waals surface area contributed by atoms with Gasteiger partial charge in [0.05, 0.1) is 4.92 Å². The molecule has 0 radical (unpaired) electrons. The lowest BCUT2D eigenvalue weighted by atomic mass is 10.1. The van der Waals surface area contributed by atoms with E-state index in [0.29, 0.717) is 0 Å². The molecule has 0 N–H and O–H groups in total. The fraction of sp³-hybridized carbons (Fsp3) is 0. The van der Waals surface area contributed by atoms with E-state index < -0.39 is 4.92 Å². The van der Waals surface area contributed by atoms with Crippen LogP contribution in [0.2, 0.25) is 0 Å². The summed E-state index contributed by atoms with van der Waals surface area (Å²) >= 11 is 2.90. The zero-order chi connectivity index (χ0) is 11.5. The van der Waals surface area contributed by atoms with E-state index in [1.54, 1.807) is 0 Å². The maximum atomic E-state index is 10.5. The van der Waals surface area contributed by atoms with E-state index in [4.69, 9.17) is 0 Å². The highest BCUT2D eigenvalue weighted by Crippen LogP contribution is 2.19.